The summed E-state index contributed by atoms with van der Waals surface area (Å²) in [6.07, 6.45) is 3.84. The molecule has 0 saturated carbocycles. The molecule has 0 radical (unpaired) electrons. The Kier molecular flexibility index (Phi) is 4.21. The molecule has 0 aliphatic carbocycles. The van der Waals surface area contributed by atoms with Gasteiger partial charge in [-0.1, -0.05) is 0 Å². The van der Waals surface area contributed by atoms with Crippen LogP contribution in [-0.2, 0) is 9.84 Å². The summed E-state index contributed by atoms with van der Waals surface area (Å²) in [7, 11) is -2.71. The van der Waals surface area contributed by atoms with E-state index in [-0.39, 0.29) is 0 Å². The highest BCUT2D eigenvalue weighted by Gasteiger charge is 2.22. The normalized spacial score (nSPS) is 31.4. The standard InChI is InChI=1S/C11H22N2O2S/c14-16(15)8-6-13(7-9-16)5-3-11-2-1-4-12-10-11/h11-12H,1-10H2. The second kappa shape index (κ2) is 5.47. The molecule has 4 nitrogen and oxygen atoms in total. The first kappa shape index (κ1) is 12.3. The molecule has 2 aliphatic rings. The van der Waals surface area contributed by atoms with Crippen molar-refractivity contribution < 1.29 is 8.42 Å². The Morgan fingerprint density at radius 2 is 2.00 bits per heavy atom. The molecular weight excluding hydrogens is 224 g/mol. The quantitative estimate of drug-likeness (QED) is 0.768. The predicted molar refractivity (Wildman–Crippen MR) is 65.3 cm³/mol. The highest BCUT2D eigenvalue weighted by molar-refractivity contribution is 7.91. The number of hydrogen-bond donors (Lipinski definition) is 1. The van der Waals surface area contributed by atoms with E-state index >= 15 is 0 Å². The van der Waals surface area contributed by atoms with Gasteiger partial charge in [0, 0.05) is 13.1 Å². The van der Waals surface area contributed by atoms with Crippen molar-refractivity contribution in [2.24, 2.45) is 5.92 Å². The van der Waals surface area contributed by atoms with Crippen molar-refractivity contribution in [3.05, 3.63) is 0 Å². The Hall–Kier alpha value is -0.130. The van der Waals surface area contributed by atoms with Gasteiger partial charge < -0.3 is 10.2 Å². The summed E-state index contributed by atoms with van der Waals surface area (Å²) in [5.41, 5.74) is 0. The van der Waals surface area contributed by atoms with Crippen LogP contribution in [0, 0.1) is 5.92 Å². The Labute approximate surface area is 98.3 Å². The lowest BCUT2D eigenvalue weighted by Gasteiger charge is -2.29. The summed E-state index contributed by atoms with van der Waals surface area (Å²) in [6.45, 7) is 4.86. The van der Waals surface area contributed by atoms with Gasteiger partial charge in [0.05, 0.1) is 11.5 Å². The molecule has 2 saturated heterocycles. The molecule has 0 aromatic heterocycles. The van der Waals surface area contributed by atoms with E-state index in [2.05, 4.69) is 10.2 Å². The number of sulfone groups is 1. The Bertz CT molecular complexity index is 296. The van der Waals surface area contributed by atoms with Crippen molar-refractivity contribution in [3.8, 4) is 0 Å². The van der Waals surface area contributed by atoms with E-state index in [1.165, 1.54) is 25.8 Å². The van der Waals surface area contributed by atoms with Crippen molar-refractivity contribution in [3.63, 3.8) is 0 Å². The van der Waals surface area contributed by atoms with Gasteiger partial charge in [-0.05, 0) is 44.8 Å². The third-order valence-corrected chi connectivity index (χ3v) is 5.30. The van der Waals surface area contributed by atoms with E-state index in [1.807, 2.05) is 0 Å². The predicted octanol–water partition coefficient (Wildman–Crippen LogP) is 0.107. The van der Waals surface area contributed by atoms with E-state index in [1.54, 1.807) is 0 Å². The van der Waals surface area contributed by atoms with Crippen LogP contribution in [0.2, 0.25) is 0 Å². The van der Waals surface area contributed by atoms with Crippen LogP contribution in [0.1, 0.15) is 19.3 Å². The molecular formula is C11H22N2O2S. The summed E-state index contributed by atoms with van der Waals surface area (Å²) in [5.74, 6) is 1.51. The molecule has 1 unspecified atom stereocenters. The van der Waals surface area contributed by atoms with Gasteiger partial charge in [-0.3, -0.25) is 0 Å². The average molecular weight is 246 g/mol. The highest BCUT2D eigenvalue weighted by Crippen LogP contribution is 2.15. The summed E-state index contributed by atoms with van der Waals surface area (Å²) in [5, 5.41) is 3.42. The third kappa shape index (κ3) is 3.71. The minimum absolute atomic E-state index is 0.357. The van der Waals surface area contributed by atoms with Gasteiger partial charge in [0.15, 0.2) is 9.84 Å². The zero-order valence-corrected chi connectivity index (χ0v) is 10.6. The van der Waals surface area contributed by atoms with Gasteiger partial charge in [0.25, 0.3) is 0 Å². The minimum Gasteiger partial charge on any atom is -0.316 e. The number of piperidine rings is 1. The molecule has 0 aromatic carbocycles. The zero-order chi connectivity index (χ0) is 11.4. The van der Waals surface area contributed by atoms with E-state index < -0.39 is 9.84 Å². The molecule has 1 N–H and O–H groups in total. The first-order valence-corrected chi connectivity index (χ1v) is 8.11. The van der Waals surface area contributed by atoms with Crippen LogP contribution in [0.5, 0.6) is 0 Å². The topological polar surface area (TPSA) is 49.4 Å². The van der Waals surface area contributed by atoms with E-state index in [0.29, 0.717) is 11.5 Å². The van der Waals surface area contributed by atoms with E-state index in [9.17, 15) is 8.42 Å². The molecule has 0 amide bonds. The minimum atomic E-state index is -2.71. The largest absolute Gasteiger partial charge is 0.316 e. The maximum absolute atomic E-state index is 11.3. The van der Waals surface area contributed by atoms with Crippen LogP contribution in [-0.4, -0.2) is 57.5 Å². The fourth-order valence-corrected chi connectivity index (χ4v) is 3.79. The lowest BCUT2D eigenvalue weighted by atomic mass is 9.96. The van der Waals surface area contributed by atoms with Crippen molar-refractivity contribution in [2.45, 2.75) is 19.3 Å². The number of rotatable bonds is 3. The Balaban J connectivity index is 1.67. The second-order valence-corrected chi connectivity index (χ2v) is 7.30. The summed E-state index contributed by atoms with van der Waals surface area (Å²) in [6, 6.07) is 0. The van der Waals surface area contributed by atoms with E-state index in [4.69, 9.17) is 0 Å². The van der Waals surface area contributed by atoms with Gasteiger partial charge in [-0.25, -0.2) is 8.42 Å². The van der Waals surface area contributed by atoms with Crippen LogP contribution >= 0.6 is 0 Å². The molecule has 0 aromatic rings. The zero-order valence-electron chi connectivity index (χ0n) is 9.82. The maximum atomic E-state index is 11.3. The molecule has 0 bridgehead atoms. The Morgan fingerprint density at radius 1 is 1.25 bits per heavy atom. The van der Waals surface area contributed by atoms with Crippen LogP contribution < -0.4 is 5.32 Å². The smallest absolute Gasteiger partial charge is 0.152 e. The van der Waals surface area contributed by atoms with Gasteiger partial charge >= 0.3 is 0 Å². The number of nitrogens with one attached hydrogen (secondary N) is 1. The summed E-state index contributed by atoms with van der Waals surface area (Å²) in [4.78, 5) is 2.30. The van der Waals surface area contributed by atoms with E-state index in [0.717, 1.165) is 32.1 Å². The van der Waals surface area contributed by atoms with Gasteiger partial charge in [-0.2, -0.15) is 0 Å². The van der Waals surface area contributed by atoms with Crippen LogP contribution in [0.3, 0.4) is 0 Å². The molecule has 2 fully saturated rings. The van der Waals surface area contributed by atoms with Gasteiger partial charge in [-0.15, -0.1) is 0 Å². The number of nitrogens with zero attached hydrogens (tertiary/aromatic N) is 1. The molecule has 2 rings (SSSR count). The summed E-state index contributed by atoms with van der Waals surface area (Å²) < 4.78 is 22.5. The monoisotopic (exact) mass is 246 g/mol. The molecule has 2 heterocycles. The molecule has 94 valence electrons. The SMILES string of the molecule is O=S1(=O)CCN(CCC2CCCNC2)CC1. The molecule has 1 atom stereocenters. The summed E-state index contributed by atoms with van der Waals surface area (Å²) >= 11 is 0. The molecule has 5 heteroatoms. The third-order valence-electron chi connectivity index (χ3n) is 3.69. The lowest BCUT2D eigenvalue weighted by molar-refractivity contribution is 0.251. The van der Waals surface area contributed by atoms with Crippen molar-refractivity contribution in [1.29, 1.82) is 0 Å². The fraction of sp³-hybridized carbons (Fsp3) is 1.00. The second-order valence-electron chi connectivity index (χ2n) is 4.99. The first-order valence-electron chi connectivity index (χ1n) is 6.29. The van der Waals surface area contributed by atoms with Gasteiger partial charge in [0.1, 0.15) is 0 Å². The van der Waals surface area contributed by atoms with Crippen molar-refractivity contribution in [1.82, 2.24) is 10.2 Å². The molecule has 2 aliphatic heterocycles. The number of hydrogen-bond acceptors (Lipinski definition) is 4. The van der Waals surface area contributed by atoms with Gasteiger partial charge in [0.2, 0.25) is 0 Å². The maximum Gasteiger partial charge on any atom is 0.152 e. The Morgan fingerprint density at radius 3 is 2.62 bits per heavy atom. The highest BCUT2D eigenvalue weighted by atomic mass is 32.2. The van der Waals surface area contributed by atoms with Crippen LogP contribution in [0.4, 0.5) is 0 Å². The molecule has 0 spiro atoms. The van der Waals surface area contributed by atoms with Crippen LogP contribution in [0.25, 0.3) is 0 Å². The first-order chi connectivity index (χ1) is 7.66. The fourth-order valence-electron chi connectivity index (χ4n) is 2.51. The van der Waals surface area contributed by atoms with Crippen molar-refractivity contribution in [2.75, 3.05) is 44.2 Å². The average Bonchev–Trinajstić information content (AvgIpc) is 2.29. The lowest BCUT2D eigenvalue weighted by Crippen LogP contribution is -2.41. The van der Waals surface area contributed by atoms with Crippen molar-refractivity contribution >= 4 is 9.84 Å². The molecule has 16 heavy (non-hydrogen) atoms. The van der Waals surface area contributed by atoms with Crippen LogP contribution in [0.15, 0.2) is 0 Å².